The minimum absolute atomic E-state index is 0.0241. The number of allylic oxidation sites excluding steroid dienone is 2. The van der Waals surface area contributed by atoms with Crippen LogP contribution in [0.4, 0.5) is 0 Å². The Morgan fingerprint density at radius 1 is 0.842 bits per heavy atom. The number of esters is 1. The molecule has 5 aliphatic rings. The van der Waals surface area contributed by atoms with Crippen LogP contribution in [-0.2, 0) is 19.1 Å². The molecule has 5 heteroatoms. The molecule has 1 N–H and O–H groups in total. The topological polar surface area (TPSA) is 80.7 Å². The van der Waals surface area contributed by atoms with Crippen LogP contribution in [0.3, 0.4) is 0 Å². The van der Waals surface area contributed by atoms with E-state index in [-0.39, 0.29) is 39.7 Å². The fraction of sp³-hybridized carbons (Fsp3) is 0.848. The van der Waals surface area contributed by atoms with Crippen LogP contribution in [0.2, 0.25) is 0 Å². The van der Waals surface area contributed by atoms with E-state index in [0.717, 1.165) is 51.4 Å². The number of hydrogen-bond donors (Lipinski definition) is 1. The molecule has 0 amide bonds. The van der Waals surface area contributed by atoms with Crippen molar-refractivity contribution in [3.05, 3.63) is 11.1 Å². The third-order valence-corrected chi connectivity index (χ3v) is 13.5. The Kier molecular flexibility index (Phi) is 6.37. The zero-order valence-electron chi connectivity index (χ0n) is 25.0. The van der Waals surface area contributed by atoms with Crippen LogP contribution < -0.4 is 0 Å². The first-order valence-corrected chi connectivity index (χ1v) is 15.2. The predicted octanol–water partition coefficient (Wildman–Crippen LogP) is 7.37. The third kappa shape index (κ3) is 3.44. The van der Waals surface area contributed by atoms with Crippen LogP contribution >= 0.6 is 0 Å². The number of Topliss-reactive ketones (excluding diaryl/α,β-unsaturated/α-hetero) is 1. The maximum Gasteiger partial charge on any atom is 0.373 e. The molecule has 0 spiro atoms. The lowest BCUT2D eigenvalue weighted by Gasteiger charge is -2.72. The number of carboxylic acids is 1. The van der Waals surface area contributed by atoms with Crippen molar-refractivity contribution in [3.63, 3.8) is 0 Å². The molecule has 212 valence electrons. The van der Waals surface area contributed by atoms with E-state index in [1.54, 1.807) is 0 Å². The summed E-state index contributed by atoms with van der Waals surface area (Å²) < 4.78 is 5.88. The first-order valence-electron chi connectivity index (χ1n) is 15.2. The van der Waals surface area contributed by atoms with Crippen LogP contribution in [-0.4, -0.2) is 28.9 Å². The summed E-state index contributed by atoms with van der Waals surface area (Å²) in [5.41, 5.74) is 2.12. The molecule has 5 rings (SSSR count). The molecular formula is C33H50O5. The van der Waals surface area contributed by atoms with E-state index in [0.29, 0.717) is 30.6 Å². The lowest BCUT2D eigenvalue weighted by Crippen LogP contribution is -2.66. The normalized spacial score (nSPS) is 45.5. The summed E-state index contributed by atoms with van der Waals surface area (Å²) in [6, 6.07) is 0. The molecule has 4 saturated carbocycles. The fourth-order valence-corrected chi connectivity index (χ4v) is 11.6. The molecule has 8 atom stereocenters. The highest BCUT2D eigenvalue weighted by Gasteiger charge is 2.70. The van der Waals surface area contributed by atoms with Gasteiger partial charge < -0.3 is 9.84 Å². The Bertz CT molecular complexity index is 1080. The average Bonchev–Trinajstić information content (AvgIpc) is 3.22. The summed E-state index contributed by atoms with van der Waals surface area (Å²) in [5, 5.41) is 9.88. The SMILES string of the molecule is CC(=O)O[C@H]1CCC2(C)[C@H]3CCC4C5=C(C(C)C)CC[C@]5(C(=O)C(=O)O)CC[C@@]4(C)C3(C)CC[C@H]2C1(C)C. The summed E-state index contributed by atoms with van der Waals surface area (Å²) in [6.07, 6.45) is 9.59. The van der Waals surface area contributed by atoms with Crippen LogP contribution in [0.25, 0.3) is 0 Å². The van der Waals surface area contributed by atoms with Gasteiger partial charge in [-0.25, -0.2) is 4.79 Å². The van der Waals surface area contributed by atoms with Crippen LogP contribution in [0.1, 0.15) is 120 Å². The van der Waals surface area contributed by atoms with Gasteiger partial charge in [-0.2, -0.15) is 0 Å². The molecule has 38 heavy (non-hydrogen) atoms. The molecule has 0 radical (unpaired) electrons. The highest BCUT2D eigenvalue weighted by atomic mass is 16.5. The van der Waals surface area contributed by atoms with Gasteiger partial charge in [-0.1, -0.05) is 59.6 Å². The number of carbonyl (C=O) groups is 3. The van der Waals surface area contributed by atoms with E-state index >= 15 is 0 Å². The van der Waals surface area contributed by atoms with Crippen molar-refractivity contribution in [2.24, 2.45) is 50.7 Å². The monoisotopic (exact) mass is 526 g/mol. The van der Waals surface area contributed by atoms with Gasteiger partial charge in [-0.15, -0.1) is 0 Å². The van der Waals surface area contributed by atoms with Crippen molar-refractivity contribution in [3.8, 4) is 0 Å². The average molecular weight is 527 g/mol. The number of ether oxygens (including phenoxy) is 1. The summed E-state index contributed by atoms with van der Waals surface area (Å²) >= 11 is 0. The highest BCUT2D eigenvalue weighted by Crippen LogP contribution is 2.77. The zero-order valence-corrected chi connectivity index (χ0v) is 25.0. The molecule has 0 aromatic heterocycles. The predicted molar refractivity (Wildman–Crippen MR) is 147 cm³/mol. The number of carboxylic acid groups (broad SMARTS) is 1. The summed E-state index contributed by atoms with van der Waals surface area (Å²) in [5.74, 6) is -0.292. The first-order chi connectivity index (χ1) is 17.6. The van der Waals surface area contributed by atoms with Gasteiger partial charge in [0.25, 0.3) is 0 Å². The molecule has 0 heterocycles. The van der Waals surface area contributed by atoms with Crippen molar-refractivity contribution >= 4 is 17.7 Å². The summed E-state index contributed by atoms with van der Waals surface area (Å²) in [6.45, 7) is 18.2. The highest BCUT2D eigenvalue weighted by molar-refractivity contribution is 6.35. The maximum atomic E-state index is 13.4. The standard InChI is InChI=1S/C33H50O5/c1-19(2)21-11-16-33(27(35)28(36)37)18-17-31(7)22(26(21)33)9-10-24-30(6)14-13-25(38-20(3)34)29(4,5)23(30)12-15-32(24,31)8/h19,22-25H,9-18H2,1-8H3,(H,36,37)/t22?,23-,24+,25-,30?,31+,32?,33-/m0/s1. The largest absolute Gasteiger partial charge is 0.475 e. The van der Waals surface area contributed by atoms with Crippen molar-refractivity contribution < 1.29 is 24.2 Å². The van der Waals surface area contributed by atoms with Crippen molar-refractivity contribution in [1.29, 1.82) is 0 Å². The second kappa shape index (κ2) is 8.67. The lowest BCUT2D eigenvalue weighted by atomic mass is 9.33. The van der Waals surface area contributed by atoms with E-state index < -0.39 is 17.2 Å². The van der Waals surface area contributed by atoms with Gasteiger partial charge in [0.15, 0.2) is 0 Å². The smallest absolute Gasteiger partial charge is 0.373 e. The van der Waals surface area contributed by atoms with E-state index in [9.17, 15) is 19.5 Å². The van der Waals surface area contributed by atoms with Gasteiger partial charge in [0.1, 0.15) is 6.10 Å². The second-order valence-electron chi connectivity index (χ2n) is 15.4. The van der Waals surface area contributed by atoms with Gasteiger partial charge >= 0.3 is 11.9 Å². The van der Waals surface area contributed by atoms with Crippen molar-refractivity contribution in [2.45, 2.75) is 126 Å². The van der Waals surface area contributed by atoms with Gasteiger partial charge in [0, 0.05) is 12.3 Å². The number of rotatable bonds is 4. The number of aliphatic carboxylic acids is 1. The molecule has 0 saturated heterocycles. The molecule has 5 aliphatic carbocycles. The molecule has 3 unspecified atom stereocenters. The van der Waals surface area contributed by atoms with Crippen molar-refractivity contribution in [2.75, 3.05) is 0 Å². The van der Waals surface area contributed by atoms with Gasteiger partial charge in [0.2, 0.25) is 5.78 Å². The summed E-state index contributed by atoms with van der Waals surface area (Å²) in [7, 11) is 0. The Hall–Kier alpha value is -1.65. The Balaban J connectivity index is 1.56. The van der Waals surface area contributed by atoms with Gasteiger partial charge in [0.05, 0.1) is 5.41 Å². The Labute approximate surface area is 229 Å². The fourth-order valence-electron chi connectivity index (χ4n) is 11.6. The van der Waals surface area contributed by atoms with Crippen LogP contribution in [0.5, 0.6) is 0 Å². The minimum Gasteiger partial charge on any atom is -0.475 e. The van der Waals surface area contributed by atoms with Crippen LogP contribution in [0, 0.1) is 50.7 Å². The van der Waals surface area contributed by atoms with Crippen LogP contribution in [0.15, 0.2) is 11.1 Å². The number of ketones is 1. The van der Waals surface area contributed by atoms with E-state index in [4.69, 9.17) is 4.74 Å². The number of carbonyl (C=O) groups excluding carboxylic acids is 2. The molecule has 0 bridgehead atoms. The lowest BCUT2D eigenvalue weighted by molar-refractivity contribution is -0.232. The van der Waals surface area contributed by atoms with Crippen molar-refractivity contribution in [1.82, 2.24) is 0 Å². The maximum absolute atomic E-state index is 13.4. The third-order valence-electron chi connectivity index (χ3n) is 13.5. The van der Waals surface area contributed by atoms with Gasteiger partial charge in [-0.05, 0) is 104 Å². The zero-order chi connectivity index (χ0) is 28.1. The molecule has 0 aromatic rings. The Morgan fingerprint density at radius 3 is 2.13 bits per heavy atom. The molecule has 4 fully saturated rings. The number of hydrogen-bond acceptors (Lipinski definition) is 4. The quantitative estimate of drug-likeness (QED) is 0.235. The minimum atomic E-state index is -1.25. The number of fused-ring (bicyclic) bond motifs is 7. The molecule has 0 aromatic carbocycles. The molecular weight excluding hydrogens is 476 g/mol. The molecule has 5 nitrogen and oxygen atoms in total. The van der Waals surface area contributed by atoms with Gasteiger partial charge in [-0.3, -0.25) is 9.59 Å². The second-order valence-corrected chi connectivity index (χ2v) is 15.4. The Morgan fingerprint density at radius 2 is 1.53 bits per heavy atom. The first kappa shape index (κ1) is 27.9. The van der Waals surface area contributed by atoms with E-state index in [1.165, 1.54) is 18.1 Å². The van der Waals surface area contributed by atoms with E-state index in [2.05, 4.69) is 48.5 Å². The summed E-state index contributed by atoms with van der Waals surface area (Å²) in [4.78, 5) is 37.4. The molecule has 0 aliphatic heterocycles. The van der Waals surface area contributed by atoms with E-state index in [1.807, 2.05) is 0 Å².